The molecule has 0 saturated carbocycles. The Balaban J connectivity index is 1.67. The molecular weight excluding hydrogens is 410 g/mol. The van der Waals surface area contributed by atoms with Gasteiger partial charge in [0.05, 0.1) is 12.8 Å². The first-order valence-electron chi connectivity index (χ1n) is 10.4. The molecule has 6 nitrogen and oxygen atoms in total. The summed E-state index contributed by atoms with van der Waals surface area (Å²) in [7, 11) is 1.59. The first-order chi connectivity index (χ1) is 15.0. The van der Waals surface area contributed by atoms with Crippen LogP contribution in [0.2, 0.25) is 0 Å². The molecule has 2 saturated heterocycles. The molecule has 1 N–H and O–H groups in total. The van der Waals surface area contributed by atoms with E-state index in [-0.39, 0.29) is 10.7 Å². The van der Waals surface area contributed by atoms with Crippen molar-refractivity contribution in [3.8, 4) is 5.75 Å². The molecule has 0 atom stereocenters. The monoisotopic (exact) mass is 435 g/mol. The molecule has 7 heteroatoms. The van der Waals surface area contributed by atoms with Gasteiger partial charge in [-0.15, -0.1) is 0 Å². The van der Waals surface area contributed by atoms with Crippen LogP contribution in [0.15, 0.2) is 48.0 Å². The van der Waals surface area contributed by atoms with Gasteiger partial charge >= 0.3 is 0 Å². The molecule has 0 spiro atoms. The van der Waals surface area contributed by atoms with E-state index >= 15 is 0 Å². The van der Waals surface area contributed by atoms with Gasteiger partial charge in [-0.2, -0.15) is 0 Å². The van der Waals surface area contributed by atoms with E-state index in [4.69, 9.17) is 17.0 Å². The van der Waals surface area contributed by atoms with Crippen molar-refractivity contribution in [2.75, 3.05) is 30.0 Å². The molecule has 160 valence electrons. The molecule has 0 radical (unpaired) electrons. The van der Waals surface area contributed by atoms with Gasteiger partial charge in [-0.3, -0.25) is 19.8 Å². The molecule has 2 aliphatic rings. The number of hydrogen-bond donors (Lipinski definition) is 1. The predicted molar refractivity (Wildman–Crippen MR) is 126 cm³/mol. The molecule has 2 heterocycles. The van der Waals surface area contributed by atoms with Crippen LogP contribution in [0, 0.1) is 6.92 Å². The number of benzene rings is 2. The molecule has 0 unspecified atom stereocenters. The highest BCUT2D eigenvalue weighted by Crippen LogP contribution is 2.30. The second-order valence-electron chi connectivity index (χ2n) is 7.77. The zero-order valence-electron chi connectivity index (χ0n) is 17.7. The minimum Gasteiger partial charge on any atom is -0.496 e. The van der Waals surface area contributed by atoms with E-state index in [0.29, 0.717) is 17.0 Å². The van der Waals surface area contributed by atoms with Gasteiger partial charge in [0.2, 0.25) is 0 Å². The van der Waals surface area contributed by atoms with Crippen molar-refractivity contribution in [3.63, 3.8) is 0 Å². The predicted octanol–water partition coefficient (Wildman–Crippen LogP) is 3.83. The number of ether oxygens (including phenoxy) is 1. The molecule has 0 aliphatic carbocycles. The number of methoxy groups -OCH3 is 1. The van der Waals surface area contributed by atoms with E-state index in [9.17, 15) is 9.59 Å². The van der Waals surface area contributed by atoms with Gasteiger partial charge in [0.1, 0.15) is 11.3 Å². The van der Waals surface area contributed by atoms with Crippen LogP contribution in [0.25, 0.3) is 6.08 Å². The maximum Gasteiger partial charge on any atom is 0.270 e. The van der Waals surface area contributed by atoms with Gasteiger partial charge < -0.3 is 9.64 Å². The van der Waals surface area contributed by atoms with E-state index in [0.717, 1.165) is 24.3 Å². The van der Waals surface area contributed by atoms with E-state index in [1.165, 1.54) is 24.2 Å². The molecule has 0 aromatic heterocycles. The lowest BCUT2D eigenvalue weighted by Gasteiger charge is -2.30. The van der Waals surface area contributed by atoms with Crippen molar-refractivity contribution in [3.05, 3.63) is 59.2 Å². The lowest BCUT2D eigenvalue weighted by molar-refractivity contribution is -0.122. The quantitative estimate of drug-likeness (QED) is 0.449. The number of anilines is 2. The molecule has 2 aromatic carbocycles. The fraction of sp³-hybridized carbons (Fsp3) is 0.292. The molecular formula is C24H25N3O3S. The number of nitrogens with zero attached hydrogens (tertiary/aromatic N) is 2. The number of hydrogen-bond acceptors (Lipinski definition) is 5. The average molecular weight is 436 g/mol. The largest absolute Gasteiger partial charge is 0.496 e. The third-order valence-corrected chi connectivity index (χ3v) is 5.92. The fourth-order valence-electron chi connectivity index (χ4n) is 3.91. The first-order valence-corrected chi connectivity index (χ1v) is 10.8. The highest BCUT2D eigenvalue weighted by Gasteiger charge is 2.34. The van der Waals surface area contributed by atoms with Crippen molar-refractivity contribution < 1.29 is 14.3 Å². The SMILES string of the molecule is COc1cc(N2CCCCC2)ccc1/C=C1\C(=O)NC(=S)N(c2ccc(C)cc2)C1=O. The zero-order valence-corrected chi connectivity index (χ0v) is 18.5. The molecule has 2 aromatic rings. The van der Waals surface area contributed by atoms with Crippen molar-refractivity contribution in [1.29, 1.82) is 0 Å². The van der Waals surface area contributed by atoms with Crippen LogP contribution in [-0.4, -0.2) is 37.1 Å². The normalized spacial score (nSPS) is 18.4. The third kappa shape index (κ3) is 4.32. The fourth-order valence-corrected chi connectivity index (χ4v) is 4.19. The number of carbonyl (C=O) groups is 2. The van der Waals surface area contributed by atoms with Crippen LogP contribution < -0.4 is 19.9 Å². The third-order valence-electron chi connectivity index (χ3n) is 5.63. The Morgan fingerprint density at radius 1 is 1.00 bits per heavy atom. The standard InChI is InChI=1S/C24H25N3O3S/c1-16-6-9-18(10-7-16)27-23(29)20(22(28)25-24(27)31)14-17-8-11-19(15-21(17)30-2)26-12-4-3-5-13-26/h6-11,14-15H,3-5,12-13H2,1-2H3,(H,25,28,31)/b20-14+. The van der Waals surface area contributed by atoms with Crippen LogP contribution in [0.4, 0.5) is 11.4 Å². The summed E-state index contributed by atoms with van der Waals surface area (Å²) in [5, 5.41) is 2.70. The number of rotatable bonds is 4. The molecule has 2 amide bonds. The van der Waals surface area contributed by atoms with Crippen molar-refractivity contribution >= 4 is 46.6 Å². The van der Waals surface area contributed by atoms with Crippen molar-refractivity contribution in [2.45, 2.75) is 26.2 Å². The Hall–Kier alpha value is -3.19. The van der Waals surface area contributed by atoms with E-state index in [1.54, 1.807) is 13.2 Å². The Kier molecular flexibility index (Phi) is 6.04. The zero-order chi connectivity index (χ0) is 22.0. The molecule has 2 aliphatic heterocycles. The molecule has 31 heavy (non-hydrogen) atoms. The first kappa shape index (κ1) is 21.1. The Labute approximate surface area is 187 Å². The summed E-state index contributed by atoms with van der Waals surface area (Å²) >= 11 is 5.27. The van der Waals surface area contributed by atoms with E-state index < -0.39 is 11.8 Å². The summed E-state index contributed by atoms with van der Waals surface area (Å²) < 4.78 is 5.58. The van der Waals surface area contributed by atoms with Gasteiger partial charge in [0.25, 0.3) is 11.8 Å². The smallest absolute Gasteiger partial charge is 0.270 e. The topological polar surface area (TPSA) is 61.9 Å². The van der Waals surface area contributed by atoms with Gasteiger partial charge in [-0.05, 0) is 68.7 Å². The van der Waals surface area contributed by atoms with Gasteiger partial charge in [-0.1, -0.05) is 17.7 Å². The van der Waals surface area contributed by atoms with Gasteiger partial charge in [-0.25, -0.2) is 0 Å². The minimum atomic E-state index is -0.513. The summed E-state index contributed by atoms with van der Waals surface area (Å²) in [4.78, 5) is 29.5. The number of piperidine rings is 1. The molecule has 4 rings (SSSR count). The maximum absolute atomic E-state index is 13.2. The van der Waals surface area contributed by atoms with E-state index in [2.05, 4.69) is 10.2 Å². The van der Waals surface area contributed by atoms with Crippen LogP contribution in [-0.2, 0) is 9.59 Å². The number of aryl methyl sites for hydroxylation is 1. The second kappa shape index (κ2) is 8.89. The van der Waals surface area contributed by atoms with Crippen LogP contribution in [0.3, 0.4) is 0 Å². The summed E-state index contributed by atoms with van der Waals surface area (Å²) in [6, 6.07) is 13.3. The van der Waals surface area contributed by atoms with Crippen molar-refractivity contribution in [2.24, 2.45) is 0 Å². The number of thiocarbonyl (C=S) groups is 1. The Bertz CT molecular complexity index is 1060. The molecule has 2 fully saturated rings. The van der Waals surface area contributed by atoms with Crippen molar-refractivity contribution in [1.82, 2.24) is 5.32 Å². The second-order valence-corrected chi connectivity index (χ2v) is 8.15. The van der Waals surface area contributed by atoms with Gasteiger partial charge in [0, 0.05) is 30.4 Å². The summed E-state index contributed by atoms with van der Waals surface area (Å²) in [6.07, 6.45) is 5.18. The maximum atomic E-state index is 13.2. The summed E-state index contributed by atoms with van der Waals surface area (Å²) in [5.74, 6) is -0.355. The van der Waals surface area contributed by atoms with E-state index in [1.807, 2.05) is 49.4 Å². The lowest BCUT2D eigenvalue weighted by atomic mass is 10.0. The summed E-state index contributed by atoms with van der Waals surface area (Å²) in [5.41, 5.74) is 3.44. The highest BCUT2D eigenvalue weighted by atomic mass is 32.1. The molecule has 0 bridgehead atoms. The van der Waals surface area contributed by atoms with Crippen LogP contribution in [0.1, 0.15) is 30.4 Å². The van der Waals surface area contributed by atoms with Crippen LogP contribution in [0.5, 0.6) is 5.75 Å². The lowest BCUT2D eigenvalue weighted by Crippen LogP contribution is -2.54. The number of nitrogens with one attached hydrogen (secondary N) is 1. The number of carbonyl (C=O) groups excluding carboxylic acids is 2. The average Bonchev–Trinajstić information content (AvgIpc) is 2.78. The summed E-state index contributed by atoms with van der Waals surface area (Å²) in [6.45, 7) is 4.01. The van der Waals surface area contributed by atoms with Crippen LogP contribution >= 0.6 is 12.2 Å². The number of amides is 2. The van der Waals surface area contributed by atoms with Gasteiger partial charge in [0.15, 0.2) is 5.11 Å². The minimum absolute atomic E-state index is 0.0122. The highest BCUT2D eigenvalue weighted by molar-refractivity contribution is 7.80. The Morgan fingerprint density at radius 2 is 1.68 bits per heavy atom. The Morgan fingerprint density at radius 3 is 2.35 bits per heavy atom.